The number of para-hydroxylation sites is 1. The molecule has 1 aromatic carbocycles. The third-order valence-corrected chi connectivity index (χ3v) is 4.55. The lowest BCUT2D eigenvalue weighted by Crippen LogP contribution is -2.31. The van der Waals surface area contributed by atoms with Crippen LogP contribution in [-0.2, 0) is 10.0 Å². The van der Waals surface area contributed by atoms with Crippen molar-refractivity contribution in [2.75, 3.05) is 18.5 Å². The van der Waals surface area contributed by atoms with E-state index in [2.05, 4.69) is 10.0 Å². The minimum Gasteiger partial charge on any atom is -0.396 e. The van der Waals surface area contributed by atoms with Crippen LogP contribution in [0.25, 0.3) is 0 Å². The zero-order valence-electron chi connectivity index (χ0n) is 12.3. The number of aliphatic hydroxyl groups is 1. The average molecular weight is 300 g/mol. The molecule has 0 amide bonds. The summed E-state index contributed by atoms with van der Waals surface area (Å²) in [5.41, 5.74) is 0.588. The summed E-state index contributed by atoms with van der Waals surface area (Å²) in [5.74, 6) is 0.272. The smallest absolute Gasteiger partial charge is 0.242 e. The second kappa shape index (κ2) is 7.61. The molecule has 0 aliphatic rings. The molecule has 5 nitrogen and oxygen atoms in total. The Hall–Kier alpha value is -1.11. The van der Waals surface area contributed by atoms with E-state index in [0.717, 1.165) is 0 Å². The first kappa shape index (κ1) is 16.9. The Morgan fingerprint density at radius 1 is 1.20 bits per heavy atom. The molecular formula is C14H24N2O3S. The van der Waals surface area contributed by atoms with Gasteiger partial charge in [-0.15, -0.1) is 0 Å². The van der Waals surface area contributed by atoms with Crippen LogP contribution in [0, 0.1) is 5.92 Å². The number of benzene rings is 1. The predicted octanol–water partition coefficient (Wildman–Crippen LogP) is 1.80. The van der Waals surface area contributed by atoms with Gasteiger partial charge in [-0.05, 0) is 38.3 Å². The monoisotopic (exact) mass is 300 g/mol. The van der Waals surface area contributed by atoms with E-state index in [1.54, 1.807) is 38.1 Å². The van der Waals surface area contributed by atoms with Gasteiger partial charge in [0.05, 0.1) is 5.69 Å². The molecule has 0 fully saturated rings. The maximum absolute atomic E-state index is 12.2. The summed E-state index contributed by atoms with van der Waals surface area (Å²) >= 11 is 0. The van der Waals surface area contributed by atoms with Gasteiger partial charge in [0, 0.05) is 19.2 Å². The van der Waals surface area contributed by atoms with Gasteiger partial charge in [0.2, 0.25) is 10.0 Å². The van der Waals surface area contributed by atoms with E-state index >= 15 is 0 Å². The van der Waals surface area contributed by atoms with Crippen molar-refractivity contribution in [2.45, 2.75) is 38.1 Å². The van der Waals surface area contributed by atoms with Gasteiger partial charge in [-0.2, -0.15) is 0 Å². The summed E-state index contributed by atoms with van der Waals surface area (Å²) in [7, 11) is -3.51. The number of anilines is 1. The van der Waals surface area contributed by atoms with E-state index in [-0.39, 0.29) is 23.5 Å². The summed E-state index contributed by atoms with van der Waals surface area (Å²) in [4.78, 5) is 0.255. The van der Waals surface area contributed by atoms with Gasteiger partial charge in [0.25, 0.3) is 0 Å². The summed E-state index contributed by atoms with van der Waals surface area (Å²) in [6.45, 7) is 6.34. The van der Waals surface area contributed by atoms with Crippen LogP contribution in [0.4, 0.5) is 5.69 Å². The second-order valence-electron chi connectivity index (χ2n) is 5.27. The molecule has 6 heteroatoms. The van der Waals surface area contributed by atoms with Gasteiger partial charge in [0.1, 0.15) is 4.90 Å². The number of nitrogens with one attached hydrogen (secondary N) is 2. The van der Waals surface area contributed by atoms with E-state index in [9.17, 15) is 8.42 Å². The molecule has 0 spiro atoms. The van der Waals surface area contributed by atoms with Gasteiger partial charge in [-0.3, -0.25) is 0 Å². The van der Waals surface area contributed by atoms with Crippen molar-refractivity contribution in [2.24, 2.45) is 5.92 Å². The van der Waals surface area contributed by atoms with E-state index in [0.29, 0.717) is 18.7 Å². The van der Waals surface area contributed by atoms with Gasteiger partial charge >= 0.3 is 0 Å². The lowest BCUT2D eigenvalue weighted by Gasteiger charge is -2.17. The lowest BCUT2D eigenvalue weighted by molar-refractivity contribution is 0.266. The molecule has 0 radical (unpaired) electrons. The molecule has 0 heterocycles. The molecule has 0 aliphatic carbocycles. The third-order valence-electron chi connectivity index (χ3n) is 2.83. The standard InChI is InChI=1S/C14H24N2O3S/c1-11(2)16-20(18,19)14-7-5-4-6-13(14)15-10-12(3)8-9-17/h4-7,11-12,15-17H,8-10H2,1-3H3. The summed E-state index contributed by atoms with van der Waals surface area (Å²) in [6.07, 6.45) is 0.687. The third kappa shape index (κ3) is 5.11. The van der Waals surface area contributed by atoms with Crippen molar-refractivity contribution in [1.29, 1.82) is 0 Å². The van der Waals surface area contributed by atoms with Crippen LogP contribution in [0.15, 0.2) is 29.2 Å². The number of aliphatic hydroxyl groups excluding tert-OH is 1. The maximum Gasteiger partial charge on any atom is 0.242 e. The predicted molar refractivity (Wildman–Crippen MR) is 81.3 cm³/mol. The minimum absolute atomic E-state index is 0.137. The van der Waals surface area contributed by atoms with Crippen molar-refractivity contribution in [1.82, 2.24) is 4.72 Å². The van der Waals surface area contributed by atoms with Gasteiger partial charge < -0.3 is 10.4 Å². The van der Waals surface area contributed by atoms with Crippen molar-refractivity contribution >= 4 is 15.7 Å². The first-order valence-electron chi connectivity index (χ1n) is 6.83. The molecule has 1 atom stereocenters. The fourth-order valence-electron chi connectivity index (χ4n) is 1.83. The number of hydrogen-bond donors (Lipinski definition) is 3. The summed E-state index contributed by atoms with van der Waals surface area (Å²) < 4.78 is 27.1. The molecule has 0 aromatic heterocycles. The molecule has 0 aliphatic heterocycles. The first-order valence-corrected chi connectivity index (χ1v) is 8.31. The number of sulfonamides is 1. The van der Waals surface area contributed by atoms with Crippen molar-refractivity contribution < 1.29 is 13.5 Å². The first-order chi connectivity index (χ1) is 9.36. The Morgan fingerprint density at radius 3 is 2.45 bits per heavy atom. The fraction of sp³-hybridized carbons (Fsp3) is 0.571. The molecule has 20 heavy (non-hydrogen) atoms. The Labute approximate surface area is 121 Å². The molecule has 0 saturated carbocycles. The highest BCUT2D eigenvalue weighted by molar-refractivity contribution is 7.89. The van der Waals surface area contributed by atoms with Crippen LogP contribution in [0.1, 0.15) is 27.2 Å². The molecule has 0 bridgehead atoms. The van der Waals surface area contributed by atoms with E-state index in [1.807, 2.05) is 6.92 Å². The zero-order chi connectivity index (χ0) is 15.2. The Balaban J connectivity index is 2.88. The highest BCUT2D eigenvalue weighted by Crippen LogP contribution is 2.21. The average Bonchev–Trinajstić information content (AvgIpc) is 2.35. The quantitative estimate of drug-likeness (QED) is 0.684. The molecular weight excluding hydrogens is 276 g/mol. The lowest BCUT2D eigenvalue weighted by atomic mass is 10.1. The molecule has 1 rings (SSSR count). The number of hydrogen-bond acceptors (Lipinski definition) is 4. The zero-order valence-corrected chi connectivity index (χ0v) is 13.1. The summed E-state index contributed by atoms with van der Waals surface area (Å²) in [5, 5.41) is 12.0. The van der Waals surface area contributed by atoms with Crippen LogP contribution < -0.4 is 10.0 Å². The number of rotatable bonds is 8. The largest absolute Gasteiger partial charge is 0.396 e. The SMILES string of the molecule is CC(CCO)CNc1ccccc1S(=O)(=O)NC(C)C. The van der Waals surface area contributed by atoms with Crippen LogP contribution in [0.2, 0.25) is 0 Å². The maximum atomic E-state index is 12.2. The highest BCUT2D eigenvalue weighted by atomic mass is 32.2. The Morgan fingerprint density at radius 2 is 1.85 bits per heavy atom. The van der Waals surface area contributed by atoms with Crippen LogP contribution in [-0.4, -0.2) is 32.7 Å². The summed E-state index contributed by atoms with van der Waals surface area (Å²) in [6, 6.07) is 6.69. The van der Waals surface area contributed by atoms with Gasteiger partial charge in [-0.1, -0.05) is 19.1 Å². The van der Waals surface area contributed by atoms with Crippen LogP contribution in [0.5, 0.6) is 0 Å². The van der Waals surface area contributed by atoms with Gasteiger partial charge in [0.15, 0.2) is 0 Å². The topological polar surface area (TPSA) is 78.4 Å². The van der Waals surface area contributed by atoms with Crippen LogP contribution >= 0.6 is 0 Å². The van der Waals surface area contributed by atoms with Crippen molar-refractivity contribution in [3.05, 3.63) is 24.3 Å². The van der Waals surface area contributed by atoms with Gasteiger partial charge in [-0.25, -0.2) is 13.1 Å². The van der Waals surface area contributed by atoms with Crippen molar-refractivity contribution in [3.63, 3.8) is 0 Å². The normalized spacial score (nSPS) is 13.4. The Bertz CT molecular complexity index is 515. The molecule has 114 valence electrons. The highest BCUT2D eigenvalue weighted by Gasteiger charge is 2.19. The van der Waals surface area contributed by atoms with E-state index in [1.165, 1.54) is 0 Å². The minimum atomic E-state index is -3.51. The van der Waals surface area contributed by atoms with E-state index < -0.39 is 10.0 Å². The van der Waals surface area contributed by atoms with Crippen LogP contribution in [0.3, 0.4) is 0 Å². The second-order valence-corrected chi connectivity index (χ2v) is 6.95. The molecule has 1 aromatic rings. The molecule has 0 saturated heterocycles. The molecule has 3 N–H and O–H groups in total. The van der Waals surface area contributed by atoms with Crippen molar-refractivity contribution in [3.8, 4) is 0 Å². The fourth-order valence-corrected chi connectivity index (χ4v) is 3.26. The van der Waals surface area contributed by atoms with E-state index in [4.69, 9.17) is 5.11 Å². The molecule has 1 unspecified atom stereocenters. The Kier molecular flexibility index (Phi) is 6.45.